The van der Waals surface area contributed by atoms with Crippen molar-refractivity contribution in [3.8, 4) is 0 Å². The van der Waals surface area contributed by atoms with E-state index in [1.807, 2.05) is 72.8 Å². The fraction of sp³-hybridized carbons (Fsp3) is 0.130. The summed E-state index contributed by atoms with van der Waals surface area (Å²) in [5, 5.41) is 4.97. The lowest BCUT2D eigenvalue weighted by Crippen LogP contribution is -2.36. The molecule has 1 aliphatic rings. The molecule has 3 aromatic carbocycles. The number of amides is 1. The average Bonchev–Trinajstić information content (AvgIpc) is 3.17. The minimum atomic E-state index is -0.585. The van der Waals surface area contributed by atoms with Gasteiger partial charge in [0.2, 0.25) is 0 Å². The molecule has 2 atom stereocenters. The summed E-state index contributed by atoms with van der Waals surface area (Å²) in [7, 11) is 0. The zero-order chi connectivity index (χ0) is 19.3. The average molecular weight is 373 g/mol. The third-order valence-electron chi connectivity index (χ3n) is 4.62. The standard InChI is InChI=1S/C23H19NO4/c25-21-13-12-20(28-21)22(19-11-10-17-8-4-5-9-18(17)14-19)24-23(26)27-15-16-6-2-1-3-7-16/h1-14,20,22H,15H2,(H,24,26). The molecule has 0 aromatic heterocycles. The van der Waals surface area contributed by atoms with E-state index in [1.54, 1.807) is 6.08 Å². The molecule has 140 valence electrons. The van der Waals surface area contributed by atoms with Crippen LogP contribution in [-0.2, 0) is 20.9 Å². The summed E-state index contributed by atoms with van der Waals surface area (Å²) in [6.07, 6.45) is 1.87. The van der Waals surface area contributed by atoms with E-state index >= 15 is 0 Å². The van der Waals surface area contributed by atoms with Gasteiger partial charge >= 0.3 is 12.1 Å². The van der Waals surface area contributed by atoms with E-state index < -0.39 is 24.2 Å². The lowest BCUT2D eigenvalue weighted by atomic mass is 9.98. The summed E-state index contributed by atoms with van der Waals surface area (Å²) >= 11 is 0. The van der Waals surface area contributed by atoms with Gasteiger partial charge in [0, 0.05) is 6.08 Å². The second-order valence-corrected chi connectivity index (χ2v) is 6.55. The first-order valence-corrected chi connectivity index (χ1v) is 9.04. The minimum absolute atomic E-state index is 0.164. The predicted octanol–water partition coefficient (Wildman–Crippen LogP) is 4.29. The van der Waals surface area contributed by atoms with Crippen LogP contribution in [0.2, 0.25) is 0 Å². The molecule has 1 aliphatic heterocycles. The summed E-state index contributed by atoms with van der Waals surface area (Å²) in [5.41, 5.74) is 1.73. The van der Waals surface area contributed by atoms with Crippen LogP contribution in [0.5, 0.6) is 0 Å². The molecule has 0 bridgehead atoms. The third kappa shape index (κ3) is 4.04. The van der Waals surface area contributed by atoms with Crippen LogP contribution in [-0.4, -0.2) is 18.2 Å². The predicted molar refractivity (Wildman–Crippen MR) is 105 cm³/mol. The van der Waals surface area contributed by atoms with Gasteiger partial charge in [0.15, 0.2) is 0 Å². The van der Waals surface area contributed by atoms with E-state index in [0.717, 1.165) is 21.9 Å². The van der Waals surface area contributed by atoms with Crippen LogP contribution in [0.1, 0.15) is 17.2 Å². The van der Waals surface area contributed by atoms with E-state index in [2.05, 4.69) is 5.32 Å². The molecular weight excluding hydrogens is 354 g/mol. The maximum Gasteiger partial charge on any atom is 0.408 e. The molecule has 5 heteroatoms. The number of fused-ring (bicyclic) bond motifs is 1. The quantitative estimate of drug-likeness (QED) is 0.678. The van der Waals surface area contributed by atoms with Crippen molar-refractivity contribution in [1.29, 1.82) is 0 Å². The molecule has 0 spiro atoms. The van der Waals surface area contributed by atoms with Crippen molar-refractivity contribution in [3.63, 3.8) is 0 Å². The molecule has 0 radical (unpaired) electrons. The Labute approximate surface area is 162 Å². The number of carbonyl (C=O) groups is 2. The molecule has 1 N–H and O–H groups in total. The molecular formula is C23H19NO4. The highest BCUT2D eigenvalue weighted by atomic mass is 16.6. The number of hydrogen-bond donors (Lipinski definition) is 1. The van der Waals surface area contributed by atoms with Crippen molar-refractivity contribution < 1.29 is 19.1 Å². The first-order valence-electron chi connectivity index (χ1n) is 9.04. The molecule has 0 fully saturated rings. The van der Waals surface area contributed by atoms with Crippen LogP contribution in [0.4, 0.5) is 4.79 Å². The molecule has 0 aliphatic carbocycles. The second-order valence-electron chi connectivity index (χ2n) is 6.55. The Bertz CT molecular complexity index is 1030. The fourth-order valence-corrected chi connectivity index (χ4v) is 3.21. The highest BCUT2D eigenvalue weighted by Crippen LogP contribution is 2.27. The number of ether oxygens (including phenoxy) is 2. The van der Waals surface area contributed by atoms with E-state index in [0.29, 0.717) is 0 Å². The Morgan fingerprint density at radius 1 is 1.00 bits per heavy atom. The van der Waals surface area contributed by atoms with Crippen molar-refractivity contribution >= 4 is 22.8 Å². The highest BCUT2D eigenvalue weighted by Gasteiger charge is 2.30. The molecule has 1 amide bonds. The minimum Gasteiger partial charge on any atom is -0.452 e. The monoisotopic (exact) mass is 373 g/mol. The van der Waals surface area contributed by atoms with Gasteiger partial charge in [-0.2, -0.15) is 0 Å². The number of benzene rings is 3. The van der Waals surface area contributed by atoms with Gasteiger partial charge in [0.25, 0.3) is 0 Å². The Hall–Kier alpha value is -3.60. The lowest BCUT2D eigenvalue weighted by Gasteiger charge is -2.23. The largest absolute Gasteiger partial charge is 0.452 e. The van der Waals surface area contributed by atoms with Gasteiger partial charge in [-0.3, -0.25) is 0 Å². The summed E-state index contributed by atoms with van der Waals surface area (Å²) in [6, 6.07) is 22.7. The van der Waals surface area contributed by atoms with E-state index in [1.165, 1.54) is 6.08 Å². The smallest absolute Gasteiger partial charge is 0.408 e. The van der Waals surface area contributed by atoms with Gasteiger partial charge in [0.05, 0.1) is 6.04 Å². The van der Waals surface area contributed by atoms with Gasteiger partial charge in [0.1, 0.15) is 12.7 Å². The van der Waals surface area contributed by atoms with E-state index in [4.69, 9.17) is 9.47 Å². The Kier molecular flexibility index (Phi) is 5.06. The zero-order valence-electron chi connectivity index (χ0n) is 15.1. The normalized spacial score (nSPS) is 16.6. The van der Waals surface area contributed by atoms with Crippen molar-refractivity contribution in [2.75, 3.05) is 0 Å². The van der Waals surface area contributed by atoms with Crippen molar-refractivity contribution in [2.24, 2.45) is 0 Å². The molecule has 2 unspecified atom stereocenters. The number of rotatable bonds is 5. The van der Waals surface area contributed by atoms with Crippen molar-refractivity contribution in [3.05, 3.63) is 96.1 Å². The summed E-state index contributed by atoms with van der Waals surface area (Å²) < 4.78 is 10.7. The molecule has 0 saturated heterocycles. The first kappa shape index (κ1) is 17.8. The number of cyclic esters (lactones) is 1. The first-order chi connectivity index (χ1) is 13.7. The lowest BCUT2D eigenvalue weighted by molar-refractivity contribution is -0.139. The third-order valence-corrected chi connectivity index (χ3v) is 4.62. The molecule has 28 heavy (non-hydrogen) atoms. The number of nitrogens with one attached hydrogen (secondary N) is 1. The van der Waals surface area contributed by atoms with Crippen LogP contribution in [0.25, 0.3) is 10.8 Å². The number of hydrogen-bond acceptors (Lipinski definition) is 4. The summed E-state index contributed by atoms with van der Waals surface area (Å²) in [5.74, 6) is -0.421. The Balaban J connectivity index is 1.54. The van der Waals surface area contributed by atoms with Crippen molar-refractivity contribution in [2.45, 2.75) is 18.8 Å². The van der Waals surface area contributed by atoms with Gasteiger partial charge < -0.3 is 14.8 Å². The summed E-state index contributed by atoms with van der Waals surface area (Å²) in [6.45, 7) is 0.164. The highest BCUT2D eigenvalue weighted by molar-refractivity contribution is 5.85. The molecule has 1 heterocycles. The maximum atomic E-state index is 12.4. The second kappa shape index (κ2) is 7.96. The molecule has 0 saturated carbocycles. The number of esters is 1. The number of alkyl carbamates (subject to hydrolysis) is 1. The van der Waals surface area contributed by atoms with Crippen LogP contribution in [0, 0.1) is 0 Å². The van der Waals surface area contributed by atoms with Crippen LogP contribution in [0.3, 0.4) is 0 Å². The molecule has 4 rings (SSSR count). The van der Waals surface area contributed by atoms with E-state index in [-0.39, 0.29) is 6.61 Å². The van der Waals surface area contributed by atoms with Gasteiger partial charge in [-0.05, 0) is 34.0 Å². The van der Waals surface area contributed by atoms with Gasteiger partial charge in [-0.1, -0.05) is 66.7 Å². The fourth-order valence-electron chi connectivity index (χ4n) is 3.21. The van der Waals surface area contributed by atoms with E-state index in [9.17, 15) is 9.59 Å². The van der Waals surface area contributed by atoms with Gasteiger partial charge in [-0.25, -0.2) is 9.59 Å². The van der Waals surface area contributed by atoms with Gasteiger partial charge in [-0.15, -0.1) is 0 Å². The summed E-state index contributed by atoms with van der Waals surface area (Å²) in [4.78, 5) is 23.9. The number of carbonyl (C=O) groups excluding carboxylic acids is 2. The zero-order valence-corrected chi connectivity index (χ0v) is 15.1. The SMILES string of the molecule is O=C1C=CC(C(NC(=O)OCc2ccccc2)c2ccc3ccccc3c2)O1. The Morgan fingerprint density at radius 2 is 1.75 bits per heavy atom. The molecule has 3 aromatic rings. The van der Waals surface area contributed by atoms with Crippen LogP contribution >= 0.6 is 0 Å². The maximum absolute atomic E-state index is 12.4. The van der Waals surface area contributed by atoms with Crippen molar-refractivity contribution in [1.82, 2.24) is 5.32 Å². The van der Waals surface area contributed by atoms with Crippen LogP contribution in [0.15, 0.2) is 84.9 Å². The Morgan fingerprint density at radius 3 is 2.50 bits per heavy atom. The molecule has 5 nitrogen and oxygen atoms in total. The van der Waals surface area contributed by atoms with Crippen LogP contribution < -0.4 is 5.32 Å². The topological polar surface area (TPSA) is 64.6 Å².